The Bertz CT molecular complexity index is 1050. The van der Waals surface area contributed by atoms with Gasteiger partial charge in [-0.3, -0.25) is 19.6 Å². The summed E-state index contributed by atoms with van der Waals surface area (Å²) in [5.41, 5.74) is 2.44. The number of aryl methyl sites for hydroxylation is 1. The van der Waals surface area contributed by atoms with Crippen molar-refractivity contribution < 1.29 is 14.4 Å². The molecule has 1 atom stereocenters. The number of nitrogens with one attached hydrogen (secondary N) is 2. The molecule has 4 amide bonds. The Balaban J connectivity index is 1.18. The first-order valence-corrected chi connectivity index (χ1v) is 11.2. The van der Waals surface area contributed by atoms with Crippen molar-refractivity contribution in [1.82, 2.24) is 25.3 Å². The van der Waals surface area contributed by atoms with Crippen molar-refractivity contribution in [3.8, 4) is 11.1 Å². The van der Waals surface area contributed by atoms with Crippen LogP contribution < -0.4 is 15.5 Å². The van der Waals surface area contributed by atoms with Gasteiger partial charge in [0.15, 0.2) is 0 Å². The number of carbonyl (C=O) groups excluding carboxylic acids is 3. The van der Waals surface area contributed by atoms with Crippen LogP contribution in [-0.2, 0) is 16.6 Å². The molecular formula is C23H28N6O3. The molecule has 2 N–H and O–H groups in total. The highest BCUT2D eigenvalue weighted by Crippen LogP contribution is 2.43. The molecule has 5 rings (SSSR count). The van der Waals surface area contributed by atoms with Crippen LogP contribution in [0.1, 0.15) is 25.7 Å². The minimum Gasteiger partial charge on any atom is -0.368 e. The average Bonchev–Trinajstić information content (AvgIpc) is 3.50. The number of nitrogens with zero attached hydrogens (tertiary/aromatic N) is 4. The van der Waals surface area contributed by atoms with Gasteiger partial charge in [-0.15, -0.1) is 0 Å². The van der Waals surface area contributed by atoms with Crippen LogP contribution in [0.5, 0.6) is 0 Å². The summed E-state index contributed by atoms with van der Waals surface area (Å²) < 4.78 is 1.79. The quantitative estimate of drug-likeness (QED) is 0.669. The maximum Gasteiger partial charge on any atom is 0.322 e. The third-order valence-electron chi connectivity index (χ3n) is 6.86. The highest BCUT2D eigenvalue weighted by Gasteiger charge is 2.55. The first-order chi connectivity index (χ1) is 15.4. The summed E-state index contributed by atoms with van der Waals surface area (Å²) in [6, 6.07) is 7.94. The largest absolute Gasteiger partial charge is 0.368 e. The van der Waals surface area contributed by atoms with E-state index >= 15 is 0 Å². The van der Waals surface area contributed by atoms with E-state index in [1.165, 1.54) is 0 Å². The highest BCUT2D eigenvalue weighted by atomic mass is 16.2. The van der Waals surface area contributed by atoms with Crippen molar-refractivity contribution in [3.05, 3.63) is 36.7 Å². The number of amides is 4. The van der Waals surface area contributed by atoms with Crippen molar-refractivity contribution in [1.29, 1.82) is 0 Å². The fourth-order valence-corrected chi connectivity index (χ4v) is 4.88. The van der Waals surface area contributed by atoms with Crippen LogP contribution in [0.25, 0.3) is 11.1 Å². The van der Waals surface area contributed by atoms with Gasteiger partial charge in [0.25, 0.3) is 5.91 Å². The Morgan fingerprint density at radius 2 is 1.94 bits per heavy atom. The monoisotopic (exact) mass is 436 g/mol. The molecule has 3 aliphatic rings. The number of rotatable bonds is 6. The summed E-state index contributed by atoms with van der Waals surface area (Å²) >= 11 is 0. The number of imide groups is 1. The maximum atomic E-state index is 12.9. The lowest BCUT2D eigenvalue weighted by Gasteiger charge is -2.37. The number of benzene rings is 1. The van der Waals surface area contributed by atoms with Gasteiger partial charge in [-0.05, 0) is 42.9 Å². The molecule has 2 saturated heterocycles. The third kappa shape index (κ3) is 3.83. The molecular weight excluding hydrogens is 408 g/mol. The van der Waals surface area contributed by atoms with Crippen molar-refractivity contribution in [2.45, 2.75) is 31.2 Å². The number of carbonyl (C=O) groups is 3. The van der Waals surface area contributed by atoms with Crippen molar-refractivity contribution >= 4 is 23.5 Å². The number of hydrogen-bond acceptors (Lipinski definition) is 5. The fourth-order valence-electron chi connectivity index (χ4n) is 4.88. The Kier molecular flexibility index (Phi) is 5.11. The summed E-state index contributed by atoms with van der Waals surface area (Å²) in [7, 11) is 1.91. The molecule has 3 heterocycles. The lowest BCUT2D eigenvalue weighted by atomic mass is 9.87. The summed E-state index contributed by atoms with van der Waals surface area (Å²) in [5, 5.41) is 9.40. The molecule has 1 unspecified atom stereocenters. The summed E-state index contributed by atoms with van der Waals surface area (Å²) in [5.74, 6) is -0.0930. The fraction of sp³-hybridized carbons (Fsp3) is 0.478. The van der Waals surface area contributed by atoms with E-state index < -0.39 is 11.6 Å². The van der Waals surface area contributed by atoms with Gasteiger partial charge in [-0.25, -0.2) is 4.79 Å². The van der Waals surface area contributed by atoms with E-state index in [9.17, 15) is 14.4 Å². The molecule has 3 fully saturated rings. The molecule has 32 heavy (non-hydrogen) atoms. The Morgan fingerprint density at radius 3 is 2.56 bits per heavy atom. The van der Waals surface area contributed by atoms with Crippen LogP contribution in [0.2, 0.25) is 0 Å². The van der Waals surface area contributed by atoms with E-state index in [4.69, 9.17) is 0 Å². The van der Waals surface area contributed by atoms with Crippen LogP contribution in [0.3, 0.4) is 0 Å². The zero-order valence-corrected chi connectivity index (χ0v) is 18.2. The van der Waals surface area contributed by atoms with Gasteiger partial charge in [0.1, 0.15) is 5.54 Å². The van der Waals surface area contributed by atoms with E-state index in [-0.39, 0.29) is 24.2 Å². The smallest absolute Gasteiger partial charge is 0.322 e. The van der Waals surface area contributed by atoms with Crippen LogP contribution in [0.15, 0.2) is 36.7 Å². The molecule has 0 radical (unpaired) electrons. The molecule has 2 aliphatic heterocycles. The van der Waals surface area contributed by atoms with Crippen LogP contribution in [-0.4, -0.2) is 64.2 Å². The third-order valence-corrected chi connectivity index (χ3v) is 6.86. The number of aromatic nitrogens is 2. The first kappa shape index (κ1) is 20.5. The second-order valence-electron chi connectivity index (χ2n) is 8.97. The predicted molar refractivity (Wildman–Crippen MR) is 119 cm³/mol. The molecule has 0 spiro atoms. The molecule has 2 aromatic rings. The Labute approximate surface area is 186 Å². The second-order valence-corrected chi connectivity index (χ2v) is 8.97. The van der Waals surface area contributed by atoms with Gasteiger partial charge in [-0.1, -0.05) is 12.1 Å². The van der Waals surface area contributed by atoms with Gasteiger partial charge in [0, 0.05) is 57.1 Å². The van der Waals surface area contributed by atoms with E-state index in [0.29, 0.717) is 19.5 Å². The SMILES string of the molecule is Cn1cc(-c2cccc(N3CCN(C(=O)CCC4(C5CC5)NC(=O)NC4=O)CC3)c2)cn1. The minimum atomic E-state index is -0.901. The molecule has 168 valence electrons. The summed E-state index contributed by atoms with van der Waals surface area (Å²) in [6.45, 7) is 2.80. The zero-order chi connectivity index (χ0) is 22.3. The summed E-state index contributed by atoms with van der Waals surface area (Å²) in [4.78, 5) is 41.1. The van der Waals surface area contributed by atoms with Gasteiger partial charge in [-0.2, -0.15) is 5.10 Å². The zero-order valence-electron chi connectivity index (χ0n) is 18.2. The standard InChI is InChI=1S/C23H28N6O3/c1-27-15-17(14-24-27)16-3-2-4-19(13-16)28-9-11-29(12-10-28)20(30)7-8-23(18-5-6-18)21(31)25-22(32)26-23/h2-4,13-15,18H,5-12H2,1H3,(H2,25,26,31,32). The number of hydrogen-bond donors (Lipinski definition) is 2. The molecule has 1 aliphatic carbocycles. The second kappa shape index (κ2) is 7.96. The van der Waals surface area contributed by atoms with E-state index in [0.717, 1.165) is 42.7 Å². The lowest BCUT2D eigenvalue weighted by Crippen LogP contribution is -2.51. The van der Waals surface area contributed by atoms with E-state index in [1.807, 2.05) is 30.4 Å². The Morgan fingerprint density at radius 1 is 1.16 bits per heavy atom. The van der Waals surface area contributed by atoms with Crippen LogP contribution in [0, 0.1) is 5.92 Å². The molecule has 1 aromatic heterocycles. The lowest BCUT2D eigenvalue weighted by molar-refractivity contribution is -0.132. The van der Waals surface area contributed by atoms with Gasteiger partial charge in [0.05, 0.1) is 6.20 Å². The molecule has 0 bridgehead atoms. The molecule has 1 saturated carbocycles. The van der Waals surface area contributed by atoms with Crippen molar-refractivity contribution in [3.63, 3.8) is 0 Å². The van der Waals surface area contributed by atoms with Gasteiger partial charge >= 0.3 is 6.03 Å². The molecule has 9 nitrogen and oxygen atoms in total. The topological polar surface area (TPSA) is 99.6 Å². The highest BCUT2D eigenvalue weighted by molar-refractivity contribution is 6.07. The van der Waals surface area contributed by atoms with Crippen LogP contribution in [0.4, 0.5) is 10.5 Å². The number of piperazine rings is 1. The normalized spacial score (nSPS) is 23.3. The van der Waals surface area contributed by atoms with E-state index in [1.54, 1.807) is 4.68 Å². The Hall–Kier alpha value is -3.36. The number of urea groups is 1. The minimum absolute atomic E-state index is 0.0442. The van der Waals surface area contributed by atoms with Crippen LogP contribution >= 0.6 is 0 Å². The average molecular weight is 437 g/mol. The predicted octanol–water partition coefficient (Wildman–Crippen LogP) is 1.50. The number of anilines is 1. The van der Waals surface area contributed by atoms with Crippen molar-refractivity contribution in [2.75, 3.05) is 31.1 Å². The van der Waals surface area contributed by atoms with E-state index in [2.05, 4.69) is 38.8 Å². The maximum absolute atomic E-state index is 12.9. The van der Waals surface area contributed by atoms with Crippen molar-refractivity contribution in [2.24, 2.45) is 13.0 Å². The van der Waals surface area contributed by atoms with Gasteiger partial charge in [0.2, 0.25) is 5.91 Å². The molecule has 9 heteroatoms. The molecule has 1 aromatic carbocycles. The summed E-state index contributed by atoms with van der Waals surface area (Å²) in [6.07, 6.45) is 6.31. The van der Waals surface area contributed by atoms with Gasteiger partial charge < -0.3 is 15.1 Å². The first-order valence-electron chi connectivity index (χ1n) is 11.2.